The Morgan fingerprint density at radius 2 is 1.81 bits per heavy atom. The molecule has 0 saturated heterocycles. The topological polar surface area (TPSA) is 12.0 Å². The lowest BCUT2D eigenvalue weighted by atomic mass is 10.1. The van der Waals surface area contributed by atoms with Gasteiger partial charge in [-0.25, -0.2) is 0 Å². The smallest absolute Gasteiger partial charge is 0.0210 e. The lowest BCUT2D eigenvalue weighted by Crippen LogP contribution is -2.15. The van der Waals surface area contributed by atoms with Crippen LogP contribution in [0.15, 0.2) is 46.2 Å². The normalized spacial score (nSPS) is 14.4. The summed E-state index contributed by atoms with van der Waals surface area (Å²) in [4.78, 5) is 2.69. The number of benzene rings is 2. The summed E-state index contributed by atoms with van der Waals surface area (Å²) >= 11 is 1.87. The van der Waals surface area contributed by atoms with Gasteiger partial charge in [-0.2, -0.15) is 0 Å². The predicted molar refractivity (Wildman–Crippen MR) is 91.1 cm³/mol. The number of hydrogen-bond acceptors (Lipinski definition) is 2. The molecule has 0 unspecified atom stereocenters. The first-order valence-electron chi connectivity index (χ1n) is 7.70. The molecule has 0 amide bonds. The molecule has 1 saturated carbocycles. The molecule has 0 aromatic heterocycles. The molecule has 1 fully saturated rings. The number of nitrogens with one attached hydrogen (secondary N) is 1. The fourth-order valence-electron chi connectivity index (χ4n) is 2.42. The van der Waals surface area contributed by atoms with Crippen LogP contribution in [0.2, 0.25) is 0 Å². The second-order valence-corrected chi connectivity index (χ2v) is 7.23. The summed E-state index contributed by atoms with van der Waals surface area (Å²) in [7, 11) is 0. The second-order valence-electron chi connectivity index (χ2n) is 6.11. The highest BCUT2D eigenvalue weighted by Gasteiger charge is 2.20. The van der Waals surface area contributed by atoms with E-state index in [2.05, 4.69) is 62.5 Å². The molecule has 0 atom stereocenters. The third kappa shape index (κ3) is 3.90. The summed E-state index contributed by atoms with van der Waals surface area (Å²) in [6, 6.07) is 14.3. The average molecular weight is 297 g/mol. The minimum Gasteiger partial charge on any atom is -0.310 e. The highest BCUT2D eigenvalue weighted by Crippen LogP contribution is 2.32. The lowest BCUT2D eigenvalue weighted by Gasteiger charge is -2.11. The molecule has 110 valence electrons. The van der Waals surface area contributed by atoms with E-state index in [1.807, 2.05) is 11.8 Å². The number of hydrogen-bond donors (Lipinski definition) is 1. The van der Waals surface area contributed by atoms with Crippen LogP contribution in [-0.2, 0) is 6.54 Å². The van der Waals surface area contributed by atoms with E-state index in [-0.39, 0.29) is 0 Å². The minimum atomic E-state index is 0.772. The Kier molecular flexibility index (Phi) is 4.37. The molecule has 2 aromatic rings. The van der Waals surface area contributed by atoms with Crippen LogP contribution >= 0.6 is 11.8 Å². The Hall–Kier alpha value is -1.25. The first-order chi connectivity index (χ1) is 10.1. The van der Waals surface area contributed by atoms with Crippen LogP contribution in [0.5, 0.6) is 0 Å². The monoisotopic (exact) mass is 297 g/mol. The van der Waals surface area contributed by atoms with E-state index in [1.165, 1.54) is 44.9 Å². The minimum absolute atomic E-state index is 0.772. The molecule has 1 aliphatic carbocycles. The SMILES string of the molecule is Cc1ccc(C)c(Sc2ccc(CNC3CC3)c(C)c2)c1. The molecule has 0 spiro atoms. The van der Waals surface area contributed by atoms with Crippen molar-refractivity contribution in [1.29, 1.82) is 0 Å². The van der Waals surface area contributed by atoms with E-state index in [1.54, 1.807) is 0 Å². The maximum atomic E-state index is 3.59. The van der Waals surface area contributed by atoms with Crippen LogP contribution in [0.25, 0.3) is 0 Å². The molecule has 0 radical (unpaired) electrons. The Labute approximate surface area is 132 Å². The maximum Gasteiger partial charge on any atom is 0.0210 e. The Morgan fingerprint density at radius 1 is 1.00 bits per heavy atom. The van der Waals surface area contributed by atoms with Crippen LogP contribution in [0, 0.1) is 20.8 Å². The molecule has 2 aromatic carbocycles. The first kappa shape index (κ1) is 14.7. The average Bonchev–Trinajstić information content (AvgIpc) is 3.26. The van der Waals surface area contributed by atoms with E-state index >= 15 is 0 Å². The van der Waals surface area contributed by atoms with E-state index in [0.717, 1.165) is 12.6 Å². The van der Waals surface area contributed by atoms with Gasteiger partial charge in [0.15, 0.2) is 0 Å². The molecule has 3 rings (SSSR count). The highest BCUT2D eigenvalue weighted by atomic mass is 32.2. The molecule has 1 N–H and O–H groups in total. The summed E-state index contributed by atoms with van der Waals surface area (Å²) < 4.78 is 0. The molecule has 1 aliphatic rings. The van der Waals surface area contributed by atoms with Crippen molar-refractivity contribution in [3.05, 3.63) is 58.7 Å². The molecule has 21 heavy (non-hydrogen) atoms. The fraction of sp³-hybridized carbons (Fsp3) is 0.368. The zero-order valence-corrected chi connectivity index (χ0v) is 13.9. The third-order valence-electron chi connectivity index (χ3n) is 4.04. The summed E-state index contributed by atoms with van der Waals surface area (Å²) in [5.41, 5.74) is 5.48. The Balaban J connectivity index is 1.73. The Morgan fingerprint density at radius 3 is 2.52 bits per heavy atom. The maximum absolute atomic E-state index is 3.59. The van der Waals surface area contributed by atoms with Gasteiger partial charge >= 0.3 is 0 Å². The van der Waals surface area contributed by atoms with Crippen LogP contribution in [0.3, 0.4) is 0 Å². The van der Waals surface area contributed by atoms with Crippen molar-refractivity contribution in [3.8, 4) is 0 Å². The van der Waals surface area contributed by atoms with E-state index in [0.29, 0.717) is 0 Å². The van der Waals surface area contributed by atoms with Crippen molar-refractivity contribution in [1.82, 2.24) is 5.32 Å². The van der Waals surface area contributed by atoms with Crippen molar-refractivity contribution in [3.63, 3.8) is 0 Å². The van der Waals surface area contributed by atoms with Gasteiger partial charge in [-0.05, 0) is 74.1 Å². The fourth-order valence-corrected chi connectivity index (χ4v) is 3.52. The van der Waals surface area contributed by atoms with E-state index in [9.17, 15) is 0 Å². The summed E-state index contributed by atoms with van der Waals surface area (Å²) in [6.07, 6.45) is 2.69. The van der Waals surface area contributed by atoms with Gasteiger partial charge in [0.25, 0.3) is 0 Å². The van der Waals surface area contributed by atoms with E-state index < -0.39 is 0 Å². The molecule has 0 heterocycles. The van der Waals surface area contributed by atoms with Crippen molar-refractivity contribution >= 4 is 11.8 Å². The van der Waals surface area contributed by atoms with E-state index in [4.69, 9.17) is 0 Å². The quantitative estimate of drug-likeness (QED) is 0.832. The van der Waals surface area contributed by atoms with Crippen molar-refractivity contribution in [2.75, 3.05) is 0 Å². The Bertz CT molecular complexity index is 644. The van der Waals surface area contributed by atoms with Crippen molar-refractivity contribution in [2.24, 2.45) is 0 Å². The van der Waals surface area contributed by atoms with Gasteiger partial charge in [0.2, 0.25) is 0 Å². The highest BCUT2D eigenvalue weighted by molar-refractivity contribution is 7.99. The van der Waals surface area contributed by atoms with Crippen LogP contribution in [0.1, 0.15) is 35.1 Å². The second kappa shape index (κ2) is 6.25. The summed E-state index contributed by atoms with van der Waals surface area (Å²) in [5.74, 6) is 0. The largest absolute Gasteiger partial charge is 0.310 e. The van der Waals surface area contributed by atoms with Crippen molar-refractivity contribution < 1.29 is 0 Å². The predicted octanol–water partition coefficient (Wildman–Crippen LogP) is 5.02. The van der Waals surface area contributed by atoms with Crippen molar-refractivity contribution in [2.45, 2.75) is 56.0 Å². The number of rotatable bonds is 5. The molecule has 1 nitrogen and oxygen atoms in total. The molecular formula is C19H23NS. The van der Waals surface area contributed by atoms with Gasteiger partial charge in [-0.15, -0.1) is 0 Å². The van der Waals surface area contributed by atoms with Gasteiger partial charge in [0.1, 0.15) is 0 Å². The van der Waals surface area contributed by atoms with Gasteiger partial charge in [0, 0.05) is 22.4 Å². The van der Waals surface area contributed by atoms with Crippen LogP contribution < -0.4 is 5.32 Å². The summed E-state index contributed by atoms with van der Waals surface area (Å²) in [5, 5.41) is 3.59. The standard InChI is InChI=1S/C19H23NS/c1-13-4-5-14(2)19(10-13)21-18-9-6-16(15(3)11-18)12-20-17-7-8-17/h4-6,9-11,17,20H,7-8,12H2,1-3H3. The van der Waals surface area contributed by atoms with Crippen LogP contribution in [-0.4, -0.2) is 6.04 Å². The third-order valence-corrected chi connectivity index (χ3v) is 5.19. The van der Waals surface area contributed by atoms with Gasteiger partial charge in [0.05, 0.1) is 0 Å². The van der Waals surface area contributed by atoms with Gasteiger partial charge in [-0.1, -0.05) is 30.0 Å². The van der Waals surface area contributed by atoms with Crippen LogP contribution in [0.4, 0.5) is 0 Å². The lowest BCUT2D eigenvalue weighted by molar-refractivity contribution is 0.685. The molecule has 2 heteroatoms. The van der Waals surface area contributed by atoms with Gasteiger partial charge in [-0.3, -0.25) is 0 Å². The number of aryl methyl sites for hydroxylation is 3. The zero-order chi connectivity index (χ0) is 14.8. The summed E-state index contributed by atoms with van der Waals surface area (Å²) in [6.45, 7) is 7.56. The van der Waals surface area contributed by atoms with Gasteiger partial charge < -0.3 is 5.32 Å². The first-order valence-corrected chi connectivity index (χ1v) is 8.51. The molecular weight excluding hydrogens is 274 g/mol. The zero-order valence-electron chi connectivity index (χ0n) is 13.1. The molecule has 0 aliphatic heterocycles. The molecule has 0 bridgehead atoms.